The van der Waals surface area contributed by atoms with E-state index in [1.807, 2.05) is 6.92 Å². The zero-order valence-electron chi connectivity index (χ0n) is 23.9. The van der Waals surface area contributed by atoms with Crippen LogP contribution in [0.15, 0.2) is 18.2 Å². The van der Waals surface area contributed by atoms with Gasteiger partial charge >= 0.3 is 0 Å². The normalized spacial score (nSPS) is 18.8. The zero-order valence-corrected chi connectivity index (χ0v) is 24.7. The molecule has 2 fully saturated rings. The van der Waals surface area contributed by atoms with Crippen molar-refractivity contribution >= 4 is 33.4 Å². The van der Waals surface area contributed by atoms with E-state index in [1.165, 1.54) is 24.8 Å². The molecule has 1 aromatic heterocycles. The van der Waals surface area contributed by atoms with Crippen molar-refractivity contribution in [3.63, 3.8) is 0 Å². The number of fused-ring (bicyclic) bond motifs is 1. The zero-order chi connectivity index (χ0) is 27.6. The largest absolute Gasteiger partial charge is 0.379 e. The molecule has 216 valence electrons. The van der Waals surface area contributed by atoms with Gasteiger partial charge in [0.15, 0.2) is 0 Å². The van der Waals surface area contributed by atoms with Crippen LogP contribution in [-0.2, 0) is 25.5 Å². The monoisotopic (exact) mass is 558 g/mol. The highest BCUT2D eigenvalue weighted by Crippen LogP contribution is 2.28. The van der Waals surface area contributed by atoms with E-state index in [4.69, 9.17) is 14.5 Å². The number of rotatable bonds is 13. The van der Waals surface area contributed by atoms with Gasteiger partial charge in [0.05, 0.1) is 47.7 Å². The molecule has 0 radical (unpaired) electrons. The van der Waals surface area contributed by atoms with E-state index in [1.54, 1.807) is 11.3 Å². The van der Waals surface area contributed by atoms with Crippen molar-refractivity contribution in [3.05, 3.63) is 28.8 Å². The van der Waals surface area contributed by atoms with Gasteiger partial charge in [0.1, 0.15) is 6.04 Å². The molecule has 2 aliphatic rings. The van der Waals surface area contributed by atoms with E-state index < -0.39 is 6.04 Å². The van der Waals surface area contributed by atoms with E-state index in [0.29, 0.717) is 37.9 Å². The molecule has 2 aromatic rings. The van der Waals surface area contributed by atoms with Crippen LogP contribution in [0.25, 0.3) is 10.2 Å². The van der Waals surface area contributed by atoms with E-state index in [-0.39, 0.29) is 17.9 Å². The van der Waals surface area contributed by atoms with Gasteiger partial charge in [-0.2, -0.15) is 0 Å². The fourth-order valence-corrected chi connectivity index (χ4v) is 6.52. The number of ether oxygens (including phenoxy) is 2. The Morgan fingerprint density at radius 3 is 2.64 bits per heavy atom. The maximum atomic E-state index is 13.7. The first-order valence-electron chi connectivity index (χ1n) is 14.8. The SMILES string of the molecule is CCC(=O)N[C@@H](Cc1nc2ccc(C(C)C)cc2s1)C(=O)N[C@H](COCCN1CCOCC1)C1CCCCC1. The highest BCUT2D eigenvalue weighted by atomic mass is 32.1. The summed E-state index contributed by atoms with van der Waals surface area (Å²) in [5.74, 6) is 0.557. The predicted molar refractivity (Wildman–Crippen MR) is 156 cm³/mol. The number of amides is 2. The van der Waals surface area contributed by atoms with Crippen LogP contribution in [0.1, 0.15) is 75.8 Å². The van der Waals surface area contributed by atoms with Crippen molar-refractivity contribution < 1.29 is 19.1 Å². The lowest BCUT2D eigenvalue weighted by atomic mass is 9.84. The molecule has 2 N–H and O–H groups in total. The molecule has 2 atom stereocenters. The fraction of sp³-hybridized carbons (Fsp3) is 0.700. The van der Waals surface area contributed by atoms with Crippen molar-refractivity contribution in [1.29, 1.82) is 0 Å². The molecule has 1 saturated carbocycles. The summed E-state index contributed by atoms with van der Waals surface area (Å²) < 4.78 is 12.7. The third-order valence-electron chi connectivity index (χ3n) is 7.97. The van der Waals surface area contributed by atoms with Crippen molar-refractivity contribution in [1.82, 2.24) is 20.5 Å². The van der Waals surface area contributed by atoms with Gasteiger partial charge in [-0.15, -0.1) is 11.3 Å². The van der Waals surface area contributed by atoms with Gasteiger partial charge in [-0.05, 0) is 42.4 Å². The highest BCUT2D eigenvalue weighted by Gasteiger charge is 2.30. The summed E-state index contributed by atoms with van der Waals surface area (Å²) in [5.41, 5.74) is 2.21. The van der Waals surface area contributed by atoms with Gasteiger partial charge in [-0.3, -0.25) is 14.5 Å². The summed E-state index contributed by atoms with van der Waals surface area (Å²) in [6.45, 7) is 11.6. The molecular formula is C30H46N4O4S. The Morgan fingerprint density at radius 2 is 1.92 bits per heavy atom. The van der Waals surface area contributed by atoms with Crippen LogP contribution < -0.4 is 10.6 Å². The smallest absolute Gasteiger partial charge is 0.243 e. The van der Waals surface area contributed by atoms with Crippen molar-refractivity contribution in [2.75, 3.05) is 46.1 Å². The van der Waals surface area contributed by atoms with Crippen molar-refractivity contribution in [2.45, 2.75) is 83.7 Å². The molecule has 1 aliphatic heterocycles. The molecule has 8 nitrogen and oxygen atoms in total. The minimum Gasteiger partial charge on any atom is -0.379 e. The van der Waals surface area contributed by atoms with Gasteiger partial charge in [0.25, 0.3) is 0 Å². The van der Waals surface area contributed by atoms with Crippen LogP contribution >= 0.6 is 11.3 Å². The second-order valence-electron chi connectivity index (χ2n) is 11.2. The van der Waals surface area contributed by atoms with Crippen molar-refractivity contribution in [2.24, 2.45) is 5.92 Å². The number of hydrogen-bond donors (Lipinski definition) is 2. The van der Waals surface area contributed by atoms with Crippen LogP contribution in [0, 0.1) is 5.92 Å². The average Bonchev–Trinajstić information content (AvgIpc) is 3.36. The van der Waals surface area contributed by atoms with E-state index in [2.05, 4.69) is 47.6 Å². The quantitative estimate of drug-likeness (QED) is 0.357. The number of carbonyl (C=O) groups excluding carboxylic acids is 2. The summed E-state index contributed by atoms with van der Waals surface area (Å²) >= 11 is 1.61. The van der Waals surface area contributed by atoms with Gasteiger partial charge in [0, 0.05) is 32.5 Å². The molecule has 2 heterocycles. The molecular weight excluding hydrogens is 512 g/mol. The van der Waals surface area contributed by atoms with E-state index in [0.717, 1.165) is 60.9 Å². The van der Waals surface area contributed by atoms with Crippen LogP contribution in [0.4, 0.5) is 0 Å². The van der Waals surface area contributed by atoms with Gasteiger partial charge in [0.2, 0.25) is 11.8 Å². The van der Waals surface area contributed by atoms with Crippen LogP contribution in [0.2, 0.25) is 0 Å². The molecule has 2 amide bonds. The summed E-state index contributed by atoms with van der Waals surface area (Å²) in [6.07, 6.45) is 6.52. The highest BCUT2D eigenvalue weighted by molar-refractivity contribution is 7.18. The average molecular weight is 559 g/mol. The maximum Gasteiger partial charge on any atom is 0.243 e. The minimum absolute atomic E-state index is 0.0625. The Labute approximate surface area is 237 Å². The molecule has 4 rings (SSSR count). The van der Waals surface area contributed by atoms with Gasteiger partial charge in [-0.1, -0.05) is 46.1 Å². The first-order valence-corrected chi connectivity index (χ1v) is 15.6. The number of hydrogen-bond acceptors (Lipinski definition) is 7. The third kappa shape index (κ3) is 8.96. The first kappa shape index (κ1) is 29.9. The minimum atomic E-state index is -0.665. The van der Waals surface area contributed by atoms with Crippen molar-refractivity contribution in [3.8, 4) is 0 Å². The molecule has 9 heteroatoms. The lowest BCUT2D eigenvalue weighted by Gasteiger charge is -2.32. The summed E-state index contributed by atoms with van der Waals surface area (Å²) in [4.78, 5) is 33.2. The maximum absolute atomic E-state index is 13.7. The molecule has 39 heavy (non-hydrogen) atoms. The predicted octanol–water partition coefficient (Wildman–Crippen LogP) is 4.27. The topological polar surface area (TPSA) is 92.8 Å². The van der Waals surface area contributed by atoms with Crippen LogP contribution in [-0.4, -0.2) is 79.8 Å². The number of thiazole rings is 1. The van der Waals surface area contributed by atoms with E-state index in [9.17, 15) is 9.59 Å². The van der Waals surface area contributed by atoms with Crippen LogP contribution in [0.3, 0.4) is 0 Å². The molecule has 0 bridgehead atoms. The Bertz CT molecular complexity index is 1060. The number of benzene rings is 1. The molecule has 0 unspecified atom stereocenters. The Morgan fingerprint density at radius 1 is 1.15 bits per heavy atom. The lowest BCUT2D eigenvalue weighted by molar-refractivity contribution is -0.130. The number of morpholine rings is 1. The second-order valence-corrected chi connectivity index (χ2v) is 12.3. The Kier molecular flexibility index (Phi) is 11.6. The first-order chi connectivity index (χ1) is 18.9. The number of nitrogens with one attached hydrogen (secondary N) is 2. The summed E-state index contributed by atoms with van der Waals surface area (Å²) in [6, 6.07) is 5.63. The second kappa shape index (κ2) is 15.1. The van der Waals surface area contributed by atoms with E-state index >= 15 is 0 Å². The summed E-state index contributed by atoms with van der Waals surface area (Å²) in [5, 5.41) is 7.12. The lowest BCUT2D eigenvalue weighted by Crippen LogP contribution is -2.53. The third-order valence-corrected chi connectivity index (χ3v) is 9.01. The molecule has 1 aromatic carbocycles. The molecule has 1 aliphatic carbocycles. The standard InChI is InChI=1S/C30H46N4O4S/c1-4-28(35)31-25(19-29-32-24-11-10-23(21(2)3)18-27(24)39-29)30(36)33-26(22-8-6-5-7-9-22)20-38-17-14-34-12-15-37-16-13-34/h10-11,18,21-22,25-26H,4-9,12-17,19-20H2,1-3H3,(H,31,35)(H,33,36)/t25-,26+/m0/s1. The van der Waals surface area contributed by atoms with Gasteiger partial charge < -0.3 is 20.1 Å². The van der Waals surface area contributed by atoms with Gasteiger partial charge in [-0.25, -0.2) is 4.98 Å². The molecule has 0 spiro atoms. The number of nitrogens with zero attached hydrogens (tertiary/aromatic N) is 2. The fourth-order valence-electron chi connectivity index (χ4n) is 5.46. The molecule has 1 saturated heterocycles. The number of carbonyl (C=O) groups is 2. The number of aromatic nitrogens is 1. The van der Waals surface area contributed by atoms with Crippen LogP contribution in [0.5, 0.6) is 0 Å². The summed E-state index contributed by atoms with van der Waals surface area (Å²) in [7, 11) is 0. The Balaban J connectivity index is 1.41. The Hall–Kier alpha value is -2.07.